The van der Waals surface area contributed by atoms with Crippen LogP contribution in [-0.2, 0) is 21.7 Å². The number of hydrogen-bond donors (Lipinski definition) is 0. The number of anilines is 6. The molecular formula is C65H59BN2OS. The molecule has 8 aromatic carbocycles. The molecule has 0 fully saturated rings. The van der Waals surface area contributed by atoms with Crippen LogP contribution in [0.25, 0.3) is 43.2 Å². The highest BCUT2D eigenvalue weighted by Crippen LogP contribution is 2.54. The second kappa shape index (κ2) is 14.6. The standard InChI is InChI=1S/C65H59BN2OS/c1-38-33-54-58-55(34-38)68(52-21-16-18-45-44-17-12-15-22-56(44)69-60(45)52)53-37-50-49(64(8,9)47-19-13-14-20-48(47)65(50,10)11)36-51(53)66(58)61-59(46-35-42(63(5,6)7)29-32-57(46)70-61)67(54)43-30-25-40(26-31-43)39-23-27-41(28-24-39)62(2,3)4/h12-37H,1-11H3. The van der Waals surface area contributed by atoms with Crippen LogP contribution in [-0.4, -0.2) is 6.71 Å². The zero-order chi connectivity index (χ0) is 48.4. The molecule has 5 heteroatoms. The van der Waals surface area contributed by atoms with Gasteiger partial charge in [0, 0.05) is 59.2 Å². The summed E-state index contributed by atoms with van der Waals surface area (Å²) in [5.41, 5.74) is 23.2. The van der Waals surface area contributed by atoms with E-state index in [4.69, 9.17) is 4.42 Å². The second-order valence-electron chi connectivity index (χ2n) is 23.5. The van der Waals surface area contributed by atoms with Crippen LogP contribution in [0, 0.1) is 6.92 Å². The molecule has 2 aliphatic heterocycles. The van der Waals surface area contributed by atoms with Gasteiger partial charge in [0.2, 0.25) is 0 Å². The predicted molar refractivity (Wildman–Crippen MR) is 301 cm³/mol. The number of para-hydroxylation sites is 2. The van der Waals surface area contributed by atoms with Gasteiger partial charge in [0.1, 0.15) is 5.58 Å². The number of benzene rings is 8. The summed E-state index contributed by atoms with van der Waals surface area (Å²) in [5.74, 6) is 0. The van der Waals surface area contributed by atoms with Crippen molar-refractivity contribution >= 4 is 99.9 Å². The molecule has 3 aliphatic rings. The van der Waals surface area contributed by atoms with Crippen LogP contribution < -0.4 is 25.5 Å². The number of rotatable bonds is 3. The van der Waals surface area contributed by atoms with Crippen LogP contribution in [0.3, 0.4) is 0 Å². The Morgan fingerprint density at radius 3 is 1.76 bits per heavy atom. The maximum absolute atomic E-state index is 6.97. The zero-order valence-electron chi connectivity index (χ0n) is 42.3. The third-order valence-corrected chi connectivity index (χ3v) is 17.5. The normalized spacial score (nSPS) is 15.5. The minimum atomic E-state index is -0.234. The first-order valence-electron chi connectivity index (χ1n) is 25.1. The molecule has 0 saturated carbocycles. The Balaban J connectivity index is 1.12. The van der Waals surface area contributed by atoms with Gasteiger partial charge in [-0.25, -0.2) is 0 Å². The van der Waals surface area contributed by atoms with E-state index in [2.05, 4.69) is 244 Å². The maximum Gasteiger partial charge on any atom is 0.264 e. The summed E-state index contributed by atoms with van der Waals surface area (Å²) >= 11 is 1.98. The van der Waals surface area contributed by atoms with Gasteiger partial charge in [-0.3, -0.25) is 0 Å². The van der Waals surface area contributed by atoms with Crippen molar-refractivity contribution in [3.05, 3.63) is 197 Å². The smallest absolute Gasteiger partial charge is 0.264 e. The van der Waals surface area contributed by atoms with Crippen LogP contribution in [0.1, 0.15) is 108 Å². The van der Waals surface area contributed by atoms with Crippen molar-refractivity contribution < 1.29 is 4.42 Å². The summed E-state index contributed by atoms with van der Waals surface area (Å²) in [5, 5.41) is 3.57. The van der Waals surface area contributed by atoms with Gasteiger partial charge in [-0.15, -0.1) is 11.3 Å². The van der Waals surface area contributed by atoms with E-state index in [0.717, 1.165) is 33.3 Å². The highest BCUT2D eigenvalue weighted by atomic mass is 32.1. The number of hydrogen-bond acceptors (Lipinski definition) is 4. The van der Waals surface area contributed by atoms with Crippen molar-refractivity contribution in [3.8, 4) is 11.1 Å². The average Bonchev–Trinajstić information content (AvgIpc) is 3.91. The van der Waals surface area contributed by atoms with E-state index < -0.39 is 0 Å². The van der Waals surface area contributed by atoms with Gasteiger partial charge in [-0.05, 0) is 133 Å². The van der Waals surface area contributed by atoms with Crippen molar-refractivity contribution in [3.63, 3.8) is 0 Å². The molecule has 13 rings (SSSR count). The van der Waals surface area contributed by atoms with Crippen LogP contribution >= 0.6 is 11.3 Å². The molecule has 4 heterocycles. The molecule has 3 nitrogen and oxygen atoms in total. The van der Waals surface area contributed by atoms with Gasteiger partial charge in [0.05, 0.1) is 11.4 Å². The molecular weight excluding hydrogens is 868 g/mol. The number of fused-ring (bicyclic) bond motifs is 11. The molecule has 0 N–H and O–H groups in total. The lowest BCUT2D eigenvalue weighted by molar-refractivity contribution is 0.521. The molecule has 0 atom stereocenters. The molecule has 1 aliphatic carbocycles. The SMILES string of the molecule is Cc1cc2c3c(c1)N(c1cccc4c1oc1ccccc14)c1cc4c(cc1B3c1sc3ccc(C(C)(C)C)cc3c1N2c1ccc(-c2ccc(C(C)(C)C)cc2)cc1)C(C)(C)c1ccccc1C4(C)C. The van der Waals surface area contributed by atoms with E-state index in [1.165, 1.54) is 98.6 Å². The van der Waals surface area contributed by atoms with E-state index in [0.29, 0.717) is 0 Å². The third-order valence-electron chi connectivity index (χ3n) is 16.3. The minimum Gasteiger partial charge on any atom is -0.454 e. The molecule has 0 unspecified atom stereocenters. The lowest BCUT2D eigenvalue weighted by Gasteiger charge is -2.47. The van der Waals surface area contributed by atoms with Gasteiger partial charge in [0.25, 0.3) is 6.71 Å². The van der Waals surface area contributed by atoms with Gasteiger partial charge in [-0.2, -0.15) is 0 Å². The Kier molecular flexibility index (Phi) is 9.03. The van der Waals surface area contributed by atoms with E-state index in [1.807, 2.05) is 11.3 Å². The maximum atomic E-state index is 6.97. The summed E-state index contributed by atoms with van der Waals surface area (Å²) in [6.07, 6.45) is 0. The minimum absolute atomic E-state index is 0.0162. The van der Waals surface area contributed by atoms with E-state index >= 15 is 0 Å². The Morgan fingerprint density at radius 1 is 0.500 bits per heavy atom. The second-order valence-corrected chi connectivity index (χ2v) is 24.6. The first-order valence-corrected chi connectivity index (χ1v) is 25.9. The third kappa shape index (κ3) is 6.13. The lowest BCUT2D eigenvalue weighted by Crippen LogP contribution is -2.61. The van der Waals surface area contributed by atoms with Crippen LogP contribution in [0.5, 0.6) is 0 Å². The van der Waals surface area contributed by atoms with Crippen LogP contribution in [0.15, 0.2) is 162 Å². The van der Waals surface area contributed by atoms with Gasteiger partial charge in [-0.1, -0.05) is 172 Å². The molecule has 10 aromatic rings. The van der Waals surface area contributed by atoms with Crippen LogP contribution in [0.2, 0.25) is 0 Å². The molecule has 0 spiro atoms. The van der Waals surface area contributed by atoms with Crippen molar-refractivity contribution in [1.82, 2.24) is 0 Å². The van der Waals surface area contributed by atoms with Crippen LogP contribution in [0.4, 0.5) is 34.1 Å². The molecule has 344 valence electrons. The summed E-state index contributed by atoms with van der Waals surface area (Å²) in [4.78, 5) is 5.19. The molecule has 0 bridgehead atoms. The number of thiophene rings is 1. The average molecular weight is 927 g/mol. The highest BCUT2D eigenvalue weighted by molar-refractivity contribution is 7.33. The number of furan rings is 1. The van der Waals surface area contributed by atoms with Crippen molar-refractivity contribution in [2.45, 2.75) is 97.8 Å². The lowest BCUT2D eigenvalue weighted by atomic mass is 9.35. The Hall–Kier alpha value is -6.82. The fourth-order valence-corrected chi connectivity index (χ4v) is 13.7. The Bertz CT molecular complexity index is 3820. The molecule has 0 saturated heterocycles. The summed E-state index contributed by atoms with van der Waals surface area (Å²) < 4.78 is 9.67. The quantitative estimate of drug-likeness (QED) is 0.165. The molecule has 0 amide bonds. The zero-order valence-corrected chi connectivity index (χ0v) is 43.1. The Morgan fingerprint density at radius 2 is 1.09 bits per heavy atom. The summed E-state index contributed by atoms with van der Waals surface area (Å²) in [6, 6.07) is 60.2. The first kappa shape index (κ1) is 43.2. The fourth-order valence-electron chi connectivity index (χ4n) is 12.4. The molecule has 2 aromatic heterocycles. The largest absolute Gasteiger partial charge is 0.454 e. The molecule has 0 radical (unpaired) electrons. The van der Waals surface area contributed by atoms with E-state index in [9.17, 15) is 0 Å². The summed E-state index contributed by atoms with van der Waals surface area (Å²) in [6.45, 7) is 25.8. The van der Waals surface area contributed by atoms with E-state index in [-0.39, 0.29) is 28.4 Å². The monoisotopic (exact) mass is 926 g/mol. The topological polar surface area (TPSA) is 19.6 Å². The van der Waals surface area contributed by atoms with E-state index in [1.54, 1.807) is 0 Å². The van der Waals surface area contributed by atoms with Gasteiger partial charge >= 0.3 is 0 Å². The predicted octanol–water partition coefficient (Wildman–Crippen LogP) is 16.4. The van der Waals surface area contributed by atoms with Gasteiger partial charge in [0.15, 0.2) is 5.58 Å². The first-order chi connectivity index (χ1) is 33.4. The van der Waals surface area contributed by atoms with Crippen molar-refractivity contribution in [2.75, 3.05) is 9.80 Å². The number of nitrogens with zero attached hydrogens (tertiary/aromatic N) is 2. The highest BCUT2D eigenvalue weighted by Gasteiger charge is 2.49. The fraction of sp³-hybridized carbons (Fsp3) is 0.231. The Labute approximate surface area is 417 Å². The van der Waals surface area contributed by atoms with Crippen molar-refractivity contribution in [1.29, 1.82) is 0 Å². The van der Waals surface area contributed by atoms with Crippen molar-refractivity contribution in [2.24, 2.45) is 0 Å². The molecule has 70 heavy (non-hydrogen) atoms. The van der Waals surface area contributed by atoms with Gasteiger partial charge < -0.3 is 14.2 Å². The number of aryl methyl sites for hydroxylation is 1. The summed E-state index contributed by atoms with van der Waals surface area (Å²) in [7, 11) is 0.